The van der Waals surface area contributed by atoms with Crippen molar-refractivity contribution in [2.75, 3.05) is 0 Å². The Morgan fingerprint density at radius 2 is 0.926 bits per heavy atom. The van der Waals surface area contributed by atoms with Crippen molar-refractivity contribution < 1.29 is 4.42 Å². The van der Waals surface area contributed by atoms with Gasteiger partial charge in [0.25, 0.3) is 0 Å². The molecule has 0 radical (unpaired) electrons. The van der Waals surface area contributed by atoms with Crippen LogP contribution in [0.4, 0.5) is 0 Å². The molecule has 3 aromatic heterocycles. The van der Waals surface area contributed by atoms with Crippen LogP contribution < -0.4 is 0 Å². The molecule has 0 amide bonds. The Hall–Kier alpha value is -6.95. The van der Waals surface area contributed by atoms with Crippen molar-refractivity contribution in [2.24, 2.45) is 0 Å². The fourth-order valence-electron chi connectivity index (χ4n) is 7.65. The highest BCUT2D eigenvalue weighted by atomic mass is 32.1. The molecule has 4 nitrogen and oxygen atoms in total. The quantitative estimate of drug-likeness (QED) is 0.179. The molecule has 0 fully saturated rings. The Kier molecular flexibility index (Phi) is 7.00. The van der Waals surface area contributed by atoms with Gasteiger partial charge in [0.15, 0.2) is 17.5 Å². The summed E-state index contributed by atoms with van der Waals surface area (Å²) in [5.74, 6) is 1.83. The van der Waals surface area contributed by atoms with Crippen LogP contribution in [0.3, 0.4) is 0 Å². The van der Waals surface area contributed by atoms with E-state index >= 15 is 0 Å². The lowest BCUT2D eigenvalue weighted by molar-refractivity contribution is 0.669. The van der Waals surface area contributed by atoms with Crippen LogP contribution in [-0.4, -0.2) is 15.0 Å². The first kappa shape index (κ1) is 30.7. The predicted molar refractivity (Wildman–Crippen MR) is 225 cm³/mol. The molecule has 252 valence electrons. The van der Waals surface area contributed by atoms with E-state index in [1.165, 1.54) is 31.3 Å². The minimum atomic E-state index is 0.587. The SMILES string of the molecule is c1ccc(-c2ccc3cc(-c4nc(-c5cc(-c6ccccc6)c6c(c5)oc5ccccc56)nc(-c5ccc6sc7ccccc7c6c5)n4)ccc3c2)cc1. The van der Waals surface area contributed by atoms with Crippen molar-refractivity contribution >= 4 is 64.2 Å². The summed E-state index contributed by atoms with van der Waals surface area (Å²) in [4.78, 5) is 15.6. The van der Waals surface area contributed by atoms with Crippen molar-refractivity contribution in [3.05, 3.63) is 176 Å². The smallest absolute Gasteiger partial charge is 0.164 e. The van der Waals surface area contributed by atoms with Gasteiger partial charge in [-0.3, -0.25) is 0 Å². The van der Waals surface area contributed by atoms with Gasteiger partial charge in [0.1, 0.15) is 11.2 Å². The van der Waals surface area contributed by atoms with Gasteiger partial charge < -0.3 is 4.42 Å². The molecule has 0 bridgehead atoms. The Labute approximate surface area is 314 Å². The maximum Gasteiger partial charge on any atom is 0.164 e. The van der Waals surface area contributed by atoms with Crippen LogP contribution in [0, 0.1) is 0 Å². The van der Waals surface area contributed by atoms with Crippen LogP contribution >= 0.6 is 11.3 Å². The molecule has 0 saturated heterocycles. The van der Waals surface area contributed by atoms with E-state index in [0.717, 1.165) is 60.5 Å². The molecule has 0 aliphatic heterocycles. The Bertz CT molecular complexity index is 3220. The average Bonchev–Trinajstić information content (AvgIpc) is 3.81. The zero-order valence-electron chi connectivity index (χ0n) is 28.9. The number of hydrogen-bond acceptors (Lipinski definition) is 5. The van der Waals surface area contributed by atoms with E-state index in [9.17, 15) is 0 Å². The highest BCUT2D eigenvalue weighted by Gasteiger charge is 2.19. The monoisotopic (exact) mass is 707 g/mol. The largest absolute Gasteiger partial charge is 0.456 e. The molecular weight excluding hydrogens is 679 g/mol. The lowest BCUT2D eigenvalue weighted by Crippen LogP contribution is -2.00. The molecule has 5 heteroatoms. The zero-order chi connectivity index (χ0) is 35.6. The molecule has 0 aliphatic rings. The third kappa shape index (κ3) is 5.17. The van der Waals surface area contributed by atoms with Crippen LogP contribution in [0.2, 0.25) is 0 Å². The number of thiophene rings is 1. The minimum absolute atomic E-state index is 0.587. The summed E-state index contributed by atoms with van der Waals surface area (Å²) >= 11 is 1.80. The van der Waals surface area contributed by atoms with Gasteiger partial charge in [-0.1, -0.05) is 121 Å². The second kappa shape index (κ2) is 12.3. The molecule has 54 heavy (non-hydrogen) atoms. The number of rotatable bonds is 5. The average molecular weight is 708 g/mol. The highest BCUT2D eigenvalue weighted by Crippen LogP contribution is 2.41. The third-order valence-corrected chi connectivity index (χ3v) is 11.4. The molecule has 0 saturated carbocycles. The van der Waals surface area contributed by atoms with Gasteiger partial charge in [0, 0.05) is 47.6 Å². The van der Waals surface area contributed by atoms with E-state index in [1.807, 2.05) is 24.3 Å². The first-order valence-corrected chi connectivity index (χ1v) is 18.8. The molecule has 0 N–H and O–H groups in total. The molecule has 0 atom stereocenters. The Morgan fingerprint density at radius 3 is 1.70 bits per heavy atom. The van der Waals surface area contributed by atoms with Gasteiger partial charge in [-0.2, -0.15) is 0 Å². The van der Waals surface area contributed by atoms with Gasteiger partial charge in [0.05, 0.1) is 0 Å². The number of aromatic nitrogens is 3. The maximum absolute atomic E-state index is 6.51. The summed E-state index contributed by atoms with van der Waals surface area (Å²) < 4.78 is 9.01. The summed E-state index contributed by atoms with van der Waals surface area (Å²) in [5.41, 5.74) is 8.93. The lowest BCUT2D eigenvalue weighted by Gasteiger charge is -2.11. The van der Waals surface area contributed by atoms with Crippen molar-refractivity contribution in [3.8, 4) is 56.4 Å². The molecule has 11 rings (SSSR count). The normalized spacial score (nSPS) is 11.7. The van der Waals surface area contributed by atoms with Gasteiger partial charge in [0.2, 0.25) is 0 Å². The van der Waals surface area contributed by atoms with E-state index < -0.39 is 0 Å². The van der Waals surface area contributed by atoms with Crippen LogP contribution in [0.25, 0.3) is 109 Å². The predicted octanol–water partition coefficient (Wildman–Crippen LogP) is 13.6. The molecule has 11 aromatic rings. The zero-order valence-corrected chi connectivity index (χ0v) is 29.7. The summed E-state index contributed by atoms with van der Waals surface area (Å²) in [5, 5.41) is 6.88. The minimum Gasteiger partial charge on any atom is -0.456 e. The molecule has 3 heterocycles. The van der Waals surface area contributed by atoms with E-state index in [2.05, 4.69) is 152 Å². The first-order valence-electron chi connectivity index (χ1n) is 18.0. The van der Waals surface area contributed by atoms with Crippen LogP contribution in [0.15, 0.2) is 180 Å². The summed E-state index contributed by atoms with van der Waals surface area (Å²) in [6, 6.07) is 61.6. The van der Waals surface area contributed by atoms with E-state index in [4.69, 9.17) is 19.4 Å². The summed E-state index contributed by atoms with van der Waals surface area (Å²) in [6.45, 7) is 0. The Morgan fingerprint density at radius 1 is 0.352 bits per heavy atom. The fraction of sp³-hybridized carbons (Fsp3) is 0. The lowest BCUT2D eigenvalue weighted by atomic mass is 9.96. The molecule has 0 aliphatic carbocycles. The van der Waals surface area contributed by atoms with Crippen LogP contribution in [0.5, 0.6) is 0 Å². The van der Waals surface area contributed by atoms with Crippen LogP contribution in [-0.2, 0) is 0 Å². The standard InChI is InChI=1S/C49H29N3OS/c1-3-11-30(12-4-1)32-19-20-34-26-35(22-21-33(34)25-32)47-50-48(36-23-24-45-41(27-36)38-15-8-10-18-44(38)54-45)52-49(51-47)37-28-40(31-13-5-2-6-14-31)46-39-16-7-9-17-42(39)53-43(46)29-37/h1-29H. The van der Waals surface area contributed by atoms with Gasteiger partial charge in [-0.15, -0.1) is 11.3 Å². The second-order valence-electron chi connectivity index (χ2n) is 13.6. The van der Waals surface area contributed by atoms with Gasteiger partial charge >= 0.3 is 0 Å². The first-order chi connectivity index (χ1) is 26.7. The highest BCUT2D eigenvalue weighted by molar-refractivity contribution is 7.25. The van der Waals surface area contributed by atoms with E-state index in [1.54, 1.807) is 11.3 Å². The van der Waals surface area contributed by atoms with Crippen molar-refractivity contribution in [2.45, 2.75) is 0 Å². The molecular formula is C49H29N3OS. The van der Waals surface area contributed by atoms with Gasteiger partial charge in [-0.25, -0.2) is 15.0 Å². The van der Waals surface area contributed by atoms with Crippen molar-refractivity contribution in [3.63, 3.8) is 0 Å². The molecule has 0 spiro atoms. The van der Waals surface area contributed by atoms with Crippen molar-refractivity contribution in [1.29, 1.82) is 0 Å². The molecule has 0 unspecified atom stereocenters. The number of hydrogen-bond donors (Lipinski definition) is 0. The second-order valence-corrected chi connectivity index (χ2v) is 14.7. The topological polar surface area (TPSA) is 51.8 Å². The van der Waals surface area contributed by atoms with E-state index in [0.29, 0.717) is 17.5 Å². The Balaban J connectivity index is 1.13. The fourth-order valence-corrected chi connectivity index (χ4v) is 8.74. The number of furan rings is 1. The van der Waals surface area contributed by atoms with Crippen molar-refractivity contribution in [1.82, 2.24) is 15.0 Å². The maximum atomic E-state index is 6.51. The summed E-state index contributed by atoms with van der Waals surface area (Å²) in [7, 11) is 0. The van der Waals surface area contributed by atoms with Gasteiger partial charge in [-0.05, 0) is 87.6 Å². The van der Waals surface area contributed by atoms with E-state index in [-0.39, 0.29) is 0 Å². The number of nitrogens with zero attached hydrogens (tertiary/aromatic N) is 3. The number of benzene rings is 8. The summed E-state index contributed by atoms with van der Waals surface area (Å²) in [6.07, 6.45) is 0. The number of fused-ring (bicyclic) bond motifs is 7. The molecule has 8 aromatic carbocycles. The third-order valence-electron chi connectivity index (χ3n) is 10.3. The number of para-hydroxylation sites is 1. The van der Waals surface area contributed by atoms with Crippen LogP contribution in [0.1, 0.15) is 0 Å².